The van der Waals surface area contributed by atoms with Crippen LogP contribution < -0.4 is 15.0 Å². The molecule has 180 valence electrons. The number of anilines is 1. The Labute approximate surface area is 196 Å². The minimum absolute atomic E-state index is 0.315. The van der Waals surface area contributed by atoms with Crippen LogP contribution in [0.15, 0.2) is 54.6 Å². The van der Waals surface area contributed by atoms with E-state index in [-0.39, 0.29) is 10.8 Å². The summed E-state index contributed by atoms with van der Waals surface area (Å²) < 4.78 is 15.7. The summed E-state index contributed by atoms with van der Waals surface area (Å²) in [6.07, 6.45) is -0.904. The third-order valence-electron chi connectivity index (χ3n) is 6.87. The Kier molecular flexibility index (Phi) is 6.28. The predicted molar refractivity (Wildman–Crippen MR) is 122 cm³/mol. The van der Waals surface area contributed by atoms with Gasteiger partial charge in [-0.1, -0.05) is 30.3 Å². The quantitative estimate of drug-likeness (QED) is 0.282. The summed E-state index contributed by atoms with van der Waals surface area (Å²) in [5.41, 5.74) is -0.222. The number of hydrogen-bond acceptors (Lipinski definition) is 8. The van der Waals surface area contributed by atoms with Gasteiger partial charge in [0.2, 0.25) is 6.04 Å². The third-order valence-corrected chi connectivity index (χ3v) is 6.87. The Bertz CT molecular complexity index is 1080. The van der Waals surface area contributed by atoms with E-state index in [1.807, 2.05) is 0 Å². The molecule has 2 aromatic rings. The first-order chi connectivity index (χ1) is 16.3. The maximum atomic E-state index is 13.0. The molecular weight excluding hydrogens is 442 g/mol. The van der Waals surface area contributed by atoms with Gasteiger partial charge >= 0.3 is 5.97 Å². The number of methoxy groups -OCH3 is 3. The van der Waals surface area contributed by atoms with Crippen LogP contribution in [0.4, 0.5) is 5.69 Å². The summed E-state index contributed by atoms with van der Waals surface area (Å²) in [5.74, 6) is -1.16. The molecule has 0 saturated carbocycles. The molecule has 1 N–H and O–H groups in total. The second kappa shape index (κ2) is 9.03. The van der Waals surface area contributed by atoms with Crippen LogP contribution in [0.25, 0.3) is 0 Å². The number of carbonyl (C=O) groups excluding carboxylic acids is 2. The lowest BCUT2D eigenvalue weighted by Gasteiger charge is -2.49. The van der Waals surface area contributed by atoms with Crippen LogP contribution in [-0.2, 0) is 19.1 Å². The number of ether oxygens (including phenoxy) is 3. The highest BCUT2D eigenvalue weighted by Crippen LogP contribution is 2.45. The number of nitro groups is 1. The van der Waals surface area contributed by atoms with E-state index in [4.69, 9.17) is 14.2 Å². The van der Waals surface area contributed by atoms with Gasteiger partial charge in [0.25, 0.3) is 5.91 Å². The van der Waals surface area contributed by atoms with Crippen molar-refractivity contribution in [2.24, 2.45) is 0 Å². The van der Waals surface area contributed by atoms with E-state index in [1.165, 1.54) is 26.2 Å². The van der Waals surface area contributed by atoms with Gasteiger partial charge in [-0.3, -0.25) is 25.0 Å². The molecule has 4 rings (SSSR count). The van der Waals surface area contributed by atoms with Gasteiger partial charge < -0.3 is 19.1 Å². The normalized spacial score (nSPS) is 30.5. The van der Waals surface area contributed by atoms with E-state index in [1.54, 1.807) is 61.5 Å². The zero-order valence-corrected chi connectivity index (χ0v) is 19.3. The third kappa shape index (κ3) is 3.59. The van der Waals surface area contributed by atoms with Crippen molar-refractivity contribution in [3.05, 3.63) is 70.3 Å². The molecule has 0 unspecified atom stereocenters. The fourth-order valence-corrected chi connectivity index (χ4v) is 5.31. The molecule has 0 aliphatic carbocycles. The van der Waals surface area contributed by atoms with Crippen molar-refractivity contribution >= 4 is 17.6 Å². The number of nitrogens with zero attached hydrogens (tertiary/aromatic N) is 2. The van der Waals surface area contributed by atoms with Crippen LogP contribution in [0.3, 0.4) is 0 Å². The molecule has 6 atom stereocenters. The number of β-lactam (4-membered cyclic amide) rings is 1. The molecule has 0 aromatic heterocycles. The van der Waals surface area contributed by atoms with Crippen LogP contribution in [0.2, 0.25) is 0 Å². The molecule has 2 aromatic carbocycles. The topological polar surface area (TPSA) is 120 Å². The molecule has 10 heteroatoms. The first kappa shape index (κ1) is 23.7. The molecule has 2 saturated heterocycles. The molecule has 0 spiro atoms. The van der Waals surface area contributed by atoms with Crippen LogP contribution in [0, 0.1) is 10.1 Å². The van der Waals surface area contributed by atoms with Crippen molar-refractivity contribution in [3.8, 4) is 5.75 Å². The fraction of sp³-hybridized carbons (Fsp3) is 0.417. The molecule has 0 radical (unpaired) electrons. The summed E-state index contributed by atoms with van der Waals surface area (Å²) in [7, 11) is 4.18. The van der Waals surface area contributed by atoms with E-state index in [0.717, 1.165) is 0 Å². The van der Waals surface area contributed by atoms with Gasteiger partial charge in [0.15, 0.2) is 6.10 Å². The Morgan fingerprint density at radius 2 is 1.74 bits per heavy atom. The van der Waals surface area contributed by atoms with Crippen molar-refractivity contribution in [1.29, 1.82) is 0 Å². The number of nitrogens with one attached hydrogen (secondary N) is 1. The van der Waals surface area contributed by atoms with E-state index >= 15 is 0 Å². The maximum absolute atomic E-state index is 13.0. The molecular formula is C24H27N3O7. The first-order valence-electron chi connectivity index (χ1n) is 10.8. The number of amides is 1. The number of benzene rings is 2. The SMILES string of the molecule is COC(=O)[C@]1(C)N[C@H]([C@H]2[C@@H](OC)C(=O)N2c2ccc(OC)cc2)[C@@H]([N+](=O)[O-])[C@@H]1c1ccccc1. The second-order valence-electron chi connectivity index (χ2n) is 8.58. The van der Waals surface area contributed by atoms with Gasteiger partial charge in [-0.15, -0.1) is 0 Å². The van der Waals surface area contributed by atoms with Crippen LogP contribution in [-0.4, -0.2) is 67.9 Å². The van der Waals surface area contributed by atoms with Gasteiger partial charge in [-0.25, -0.2) is 0 Å². The summed E-state index contributed by atoms with van der Waals surface area (Å²) in [4.78, 5) is 39.5. The van der Waals surface area contributed by atoms with Crippen molar-refractivity contribution in [2.75, 3.05) is 26.2 Å². The Hall–Kier alpha value is -3.50. The smallest absolute Gasteiger partial charge is 0.326 e. The summed E-state index contributed by atoms with van der Waals surface area (Å²) in [6.45, 7) is 1.60. The van der Waals surface area contributed by atoms with Gasteiger partial charge in [0.1, 0.15) is 17.3 Å². The molecule has 1 amide bonds. The van der Waals surface area contributed by atoms with Crippen molar-refractivity contribution in [2.45, 2.75) is 42.6 Å². The Balaban J connectivity index is 1.81. The van der Waals surface area contributed by atoms with E-state index in [2.05, 4.69) is 5.32 Å². The number of esters is 1. The average molecular weight is 469 g/mol. The van der Waals surface area contributed by atoms with Gasteiger partial charge in [0, 0.05) is 17.7 Å². The number of carbonyl (C=O) groups is 2. The maximum Gasteiger partial charge on any atom is 0.326 e. The highest BCUT2D eigenvalue weighted by Gasteiger charge is 2.68. The predicted octanol–water partition coefficient (Wildman–Crippen LogP) is 1.76. The van der Waals surface area contributed by atoms with Gasteiger partial charge in [-0.2, -0.15) is 0 Å². The zero-order chi connectivity index (χ0) is 24.6. The highest BCUT2D eigenvalue weighted by atomic mass is 16.6. The largest absolute Gasteiger partial charge is 0.497 e. The van der Waals surface area contributed by atoms with E-state index in [9.17, 15) is 19.7 Å². The van der Waals surface area contributed by atoms with Crippen LogP contribution in [0.5, 0.6) is 5.75 Å². The summed E-state index contributed by atoms with van der Waals surface area (Å²) >= 11 is 0. The number of hydrogen-bond donors (Lipinski definition) is 1. The Morgan fingerprint density at radius 3 is 2.26 bits per heavy atom. The van der Waals surface area contributed by atoms with Crippen LogP contribution in [0.1, 0.15) is 18.4 Å². The van der Waals surface area contributed by atoms with Crippen molar-refractivity contribution in [3.63, 3.8) is 0 Å². The fourth-order valence-electron chi connectivity index (χ4n) is 5.31. The molecule has 34 heavy (non-hydrogen) atoms. The average Bonchev–Trinajstić information content (AvgIpc) is 3.16. The lowest BCUT2D eigenvalue weighted by Crippen LogP contribution is -2.74. The lowest BCUT2D eigenvalue weighted by atomic mass is 9.77. The van der Waals surface area contributed by atoms with E-state index < -0.39 is 41.7 Å². The minimum Gasteiger partial charge on any atom is -0.497 e. The molecule has 2 aliphatic rings. The summed E-state index contributed by atoms with van der Waals surface area (Å²) in [6, 6.07) is 12.8. The van der Waals surface area contributed by atoms with Crippen molar-refractivity contribution < 1.29 is 28.7 Å². The zero-order valence-electron chi connectivity index (χ0n) is 19.3. The van der Waals surface area contributed by atoms with E-state index in [0.29, 0.717) is 17.0 Å². The minimum atomic E-state index is -1.40. The van der Waals surface area contributed by atoms with Crippen LogP contribution >= 0.6 is 0 Å². The standard InChI is InChI=1S/C24H27N3O7/c1-24(23(29)34-4)17(14-8-6-5-7-9-14)19(27(30)31)18(25-24)20-21(33-3)22(28)26(20)15-10-12-16(32-2)13-11-15/h5-13,17-21,25H,1-4H3/t17-,18-,19-,20-,21+,24+/m0/s1. The molecule has 2 fully saturated rings. The Morgan fingerprint density at radius 1 is 1.09 bits per heavy atom. The summed E-state index contributed by atoms with van der Waals surface area (Å²) in [5, 5.41) is 15.7. The number of rotatable bonds is 7. The van der Waals surface area contributed by atoms with Gasteiger partial charge in [-0.05, 0) is 36.8 Å². The van der Waals surface area contributed by atoms with Crippen molar-refractivity contribution in [1.82, 2.24) is 5.32 Å². The molecule has 10 nitrogen and oxygen atoms in total. The monoisotopic (exact) mass is 469 g/mol. The first-order valence-corrected chi connectivity index (χ1v) is 10.8. The highest BCUT2D eigenvalue weighted by molar-refractivity contribution is 6.05. The molecule has 2 aliphatic heterocycles. The lowest BCUT2D eigenvalue weighted by molar-refractivity contribution is -0.527. The second-order valence-corrected chi connectivity index (χ2v) is 8.58. The molecule has 2 heterocycles. The van der Waals surface area contributed by atoms with Gasteiger partial charge in [0.05, 0.1) is 26.2 Å². The molecule has 0 bridgehead atoms.